The van der Waals surface area contributed by atoms with Crippen molar-refractivity contribution in [3.63, 3.8) is 0 Å². The number of benzene rings is 3. The molecule has 0 radical (unpaired) electrons. The maximum absolute atomic E-state index is 14.2. The van der Waals surface area contributed by atoms with Crippen molar-refractivity contribution in [2.45, 2.75) is 32.7 Å². The molecule has 2 aliphatic rings. The van der Waals surface area contributed by atoms with Crippen molar-refractivity contribution in [3.05, 3.63) is 112 Å². The molecule has 218 valence electrons. The van der Waals surface area contributed by atoms with E-state index in [-0.39, 0.29) is 37.2 Å². The highest BCUT2D eigenvalue weighted by atomic mass is 35.5. The van der Waals surface area contributed by atoms with E-state index in [0.717, 1.165) is 11.1 Å². The zero-order valence-corrected chi connectivity index (χ0v) is 24.4. The molecule has 7 nitrogen and oxygen atoms in total. The van der Waals surface area contributed by atoms with Gasteiger partial charge in [-0.2, -0.15) is 0 Å². The topological polar surface area (TPSA) is 70.2 Å². The van der Waals surface area contributed by atoms with Crippen LogP contribution in [0.3, 0.4) is 0 Å². The molecule has 3 aromatic carbocycles. The molecule has 2 amide bonds. The molecule has 3 aromatic rings. The van der Waals surface area contributed by atoms with Crippen LogP contribution in [0.25, 0.3) is 0 Å². The molecule has 1 unspecified atom stereocenters. The summed E-state index contributed by atoms with van der Waals surface area (Å²) in [5, 5.41) is 0.577. The number of anilines is 1. The van der Waals surface area contributed by atoms with E-state index < -0.39 is 11.9 Å². The Balaban J connectivity index is 1.28. The molecule has 1 fully saturated rings. The second-order valence-corrected chi connectivity index (χ2v) is 10.9. The van der Waals surface area contributed by atoms with Gasteiger partial charge >= 0.3 is 5.97 Å². The molecule has 0 N–H and O–H groups in total. The Morgan fingerprint density at radius 3 is 2.26 bits per heavy atom. The summed E-state index contributed by atoms with van der Waals surface area (Å²) in [6, 6.07) is 21.0. The highest BCUT2D eigenvalue weighted by Gasteiger charge is 2.37. The van der Waals surface area contributed by atoms with Crippen LogP contribution in [0.15, 0.2) is 84.1 Å². The number of nitrogens with zero attached hydrogens (tertiary/aromatic N) is 3. The Hall–Kier alpha value is -4.17. The van der Waals surface area contributed by atoms with Crippen molar-refractivity contribution < 1.29 is 23.5 Å². The van der Waals surface area contributed by atoms with Gasteiger partial charge in [-0.15, -0.1) is 0 Å². The molecular formula is C33H33ClFN3O4. The molecule has 1 saturated heterocycles. The Labute approximate surface area is 250 Å². The van der Waals surface area contributed by atoms with E-state index in [4.69, 9.17) is 16.3 Å². The van der Waals surface area contributed by atoms with Crippen LogP contribution in [-0.4, -0.2) is 60.4 Å². The predicted molar refractivity (Wildman–Crippen MR) is 160 cm³/mol. The van der Waals surface area contributed by atoms with Crippen LogP contribution in [0.2, 0.25) is 5.02 Å². The Morgan fingerprint density at radius 2 is 1.62 bits per heavy atom. The quantitative estimate of drug-likeness (QED) is 0.326. The minimum Gasteiger partial charge on any atom is -0.463 e. The van der Waals surface area contributed by atoms with Gasteiger partial charge in [0.25, 0.3) is 5.91 Å². The number of piperazine rings is 1. The molecule has 2 aliphatic heterocycles. The van der Waals surface area contributed by atoms with Gasteiger partial charge in [0.15, 0.2) is 0 Å². The van der Waals surface area contributed by atoms with Gasteiger partial charge in [0.05, 0.1) is 24.4 Å². The van der Waals surface area contributed by atoms with Gasteiger partial charge < -0.3 is 19.4 Å². The van der Waals surface area contributed by atoms with Crippen LogP contribution >= 0.6 is 11.6 Å². The van der Waals surface area contributed by atoms with Crippen LogP contribution in [-0.2, 0) is 20.9 Å². The van der Waals surface area contributed by atoms with Gasteiger partial charge in [-0.05, 0) is 61.4 Å². The van der Waals surface area contributed by atoms with E-state index in [2.05, 4.69) is 0 Å². The number of allylic oxidation sites excluding steroid dienone is 1. The van der Waals surface area contributed by atoms with Crippen LogP contribution in [0.5, 0.6) is 0 Å². The summed E-state index contributed by atoms with van der Waals surface area (Å²) >= 11 is 6.06. The Bertz CT molecular complexity index is 1500. The van der Waals surface area contributed by atoms with E-state index in [1.807, 2.05) is 35.2 Å². The second kappa shape index (κ2) is 12.8. The lowest BCUT2D eigenvalue weighted by molar-refractivity contribution is -0.140. The summed E-state index contributed by atoms with van der Waals surface area (Å²) in [4.78, 5) is 44.9. The molecule has 1 atom stereocenters. The minimum atomic E-state index is -0.441. The van der Waals surface area contributed by atoms with E-state index in [0.29, 0.717) is 53.7 Å². The fourth-order valence-electron chi connectivity index (χ4n) is 5.63. The summed E-state index contributed by atoms with van der Waals surface area (Å²) in [5.41, 5.74) is 3.77. The molecule has 9 heteroatoms. The number of esters is 1. The maximum Gasteiger partial charge on any atom is 0.336 e. The normalized spacial score (nSPS) is 17.5. The lowest BCUT2D eigenvalue weighted by atomic mass is 9.83. The lowest BCUT2D eigenvalue weighted by Crippen LogP contribution is -2.49. The van der Waals surface area contributed by atoms with Crippen LogP contribution in [0, 0.1) is 5.82 Å². The van der Waals surface area contributed by atoms with Gasteiger partial charge in [0.1, 0.15) is 5.82 Å². The molecule has 0 aromatic heterocycles. The SMILES string of the molecule is CCOC(=O)C1=C(C)N(Cc2ccc(C(=O)N3CCN(c4ccccc4F)CC3)cc2)C(=O)CC1c1ccc(Cl)cc1. The number of halogens is 2. The summed E-state index contributed by atoms with van der Waals surface area (Å²) in [6.07, 6.45) is 0.128. The molecule has 0 spiro atoms. The number of hydrogen-bond acceptors (Lipinski definition) is 5. The third-order valence-corrected chi connectivity index (χ3v) is 8.14. The van der Waals surface area contributed by atoms with E-state index in [1.54, 1.807) is 60.0 Å². The first kappa shape index (κ1) is 29.3. The summed E-state index contributed by atoms with van der Waals surface area (Å²) < 4.78 is 19.6. The van der Waals surface area contributed by atoms with Crippen molar-refractivity contribution in [1.29, 1.82) is 0 Å². The first-order valence-electron chi connectivity index (χ1n) is 14.1. The average Bonchev–Trinajstić information content (AvgIpc) is 3.00. The van der Waals surface area contributed by atoms with Crippen molar-refractivity contribution >= 4 is 35.1 Å². The van der Waals surface area contributed by atoms with Crippen LogP contribution in [0.1, 0.15) is 47.7 Å². The van der Waals surface area contributed by atoms with Gasteiger partial charge in [-0.1, -0.05) is 48.0 Å². The molecule has 0 aliphatic carbocycles. The van der Waals surface area contributed by atoms with Crippen molar-refractivity contribution in [3.8, 4) is 0 Å². The zero-order chi connectivity index (χ0) is 29.8. The molecule has 0 saturated carbocycles. The predicted octanol–water partition coefficient (Wildman–Crippen LogP) is 5.79. The van der Waals surface area contributed by atoms with Gasteiger partial charge in [-0.25, -0.2) is 9.18 Å². The summed E-state index contributed by atoms with van der Waals surface area (Å²) in [5.74, 6) is -1.32. The largest absolute Gasteiger partial charge is 0.463 e. The minimum absolute atomic E-state index is 0.0877. The third kappa shape index (κ3) is 6.19. The third-order valence-electron chi connectivity index (χ3n) is 7.89. The molecule has 42 heavy (non-hydrogen) atoms. The van der Waals surface area contributed by atoms with Crippen LogP contribution in [0.4, 0.5) is 10.1 Å². The first-order valence-corrected chi connectivity index (χ1v) is 14.5. The standard InChI is InChI=1S/C33H33ClFN3O4/c1-3-42-33(41)31-22(2)38(30(39)20-27(31)24-12-14-26(34)15-13-24)21-23-8-10-25(11-9-23)32(40)37-18-16-36(17-19-37)29-7-5-4-6-28(29)35/h4-15,27H,3,16-21H2,1-2H3. The molecule has 5 rings (SSSR count). The molecule has 2 heterocycles. The Morgan fingerprint density at radius 1 is 0.952 bits per heavy atom. The number of ether oxygens (including phenoxy) is 1. The fourth-order valence-corrected chi connectivity index (χ4v) is 5.76. The van der Waals surface area contributed by atoms with Gasteiger partial charge in [0.2, 0.25) is 5.91 Å². The zero-order valence-electron chi connectivity index (χ0n) is 23.7. The van der Waals surface area contributed by atoms with Gasteiger partial charge in [-0.3, -0.25) is 9.59 Å². The average molecular weight is 590 g/mol. The van der Waals surface area contributed by atoms with Crippen molar-refractivity contribution in [2.24, 2.45) is 0 Å². The van der Waals surface area contributed by atoms with Crippen molar-refractivity contribution in [1.82, 2.24) is 9.80 Å². The smallest absolute Gasteiger partial charge is 0.336 e. The fraction of sp³-hybridized carbons (Fsp3) is 0.303. The number of para-hydroxylation sites is 1. The highest BCUT2D eigenvalue weighted by molar-refractivity contribution is 6.30. The summed E-state index contributed by atoms with van der Waals surface area (Å²) in [6.45, 7) is 6.09. The van der Waals surface area contributed by atoms with E-state index in [9.17, 15) is 18.8 Å². The number of carbonyl (C=O) groups excluding carboxylic acids is 3. The monoisotopic (exact) mass is 589 g/mol. The maximum atomic E-state index is 14.2. The van der Waals surface area contributed by atoms with E-state index in [1.165, 1.54) is 6.07 Å². The molecular weight excluding hydrogens is 557 g/mol. The second-order valence-electron chi connectivity index (χ2n) is 10.4. The number of hydrogen-bond donors (Lipinski definition) is 0. The highest BCUT2D eigenvalue weighted by Crippen LogP contribution is 2.38. The van der Waals surface area contributed by atoms with Crippen molar-refractivity contribution in [2.75, 3.05) is 37.7 Å². The van der Waals surface area contributed by atoms with Crippen LogP contribution < -0.4 is 4.90 Å². The first-order chi connectivity index (χ1) is 20.3. The lowest BCUT2D eigenvalue weighted by Gasteiger charge is -2.36. The molecule has 0 bridgehead atoms. The number of rotatable bonds is 7. The Kier molecular flexibility index (Phi) is 8.92. The van der Waals surface area contributed by atoms with E-state index >= 15 is 0 Å². The number of amides is 2. The number of carbonyl (C=O) groups is 3. The van der Waals surface area contributed by atoms with Gasteiger partial charge in [0, 0.05) is 54.8 Å². The summed E-state index contributed by atoms with van der Waals surface area (Å²) in [7, 11) is 0.